The zero-order valence-electron chi connectivity index (χ0n) is 18.8. The number of nitrogens with one attached hydrogen (secondary N) is 1. The molecule has 0 spiro atoms. The number of amides is 1. The summed E-state index contributed by atoms with van der Waals surface area (Å²) in [5, 5.41) is 22.1. The molecule has 170 valence electrons. The topological polar surface area (TPSA) is 102 Å². The van der Waals surface area contributed by atoms with Gasteiger partial charge in [0.1, 0.15) is 23.9 Å². The van der Waals surface area contributed by atoms with Gasteiger partial charge in [0.2, 0.25) is 5.91 Å². The molecule has 0 saturated carbocycles. The number of aromatic hydroxyl groups is 1. The molecule has 3 rings (SSSR count). The van der Waals surface area contributed by atoms with Crippen molar-refractivity contribution in [1.29, 1.82) is 0 Å². The molecule has 1 amide bonds. The lowest BCUT2D eigenvalue weighted by atomic mass is 10.0. The van der Waals surface area contributed by atoms with Crippen LogP contribution in [0.25, 0.3) is 0 Å². The molecule has 0 radical (unpaired) electrons. The number of hydrogen-bond acceptors (Lipinski definition) is 7. The van der Waals surface area contributed by atoms with Crippen LogP contribution in [0.1, 0.15) is 43.5 Å². The Morgan fingerprint density at radius 2 is 2.03 bits per heavy atom. The molecule has 0 fully saturated rings. The number of rotatable bonds is 9. The second kappa shape index (κ2) is 10.6. The molecule has 1 aliphatic heterocycles. The fourth-order valence-corrected chi connectivity index (χ4v) is 3.93. The van der Waals surface area contributed by atoms with Crippen molar-refractivity contribution in [1.82, 2.24) is 25.0 Å². The predicted octanol–water partition coefficient (Wildman–Crippen LogP) is 1.90. The Kier molecular flexibility index (Phi) is 7.86. The van der Waals surface area contributed by atoms with Crippen molar-refractivity contribution in [3.05, 3.63) is 35.4 Å². The van der Waals surface area contributed by atoms with Gasteiger partial charge in [0, 0.05) is 45.3 Å². The number of methoxy groups -OCH3 is 2. The average molecular weight is 432 g/mol. The van der Waals surface area contributed by atoms with Gasteiger partial charge in [0.15, 0.2) is 5.82 Å². The predicted molar refractivity (Wildman–Crippen MR) is 116 cm³/mol. The summed E-state index contributed by atoms with van der Waals surface area (Å²) < 4.78 is 12.4. The average Bonchev–Trinajstić information content (AvgIpc) is 3.03. The van der Waals surface area contributed by atoms with E-state index in [1.165, 1.54) is 7.11 Å². The maximum Gasteiger partial charge on any atom is 0.246 e. The summed E-state index contributed by atoms with van der Waals surface area (Å²) in [7, 11) is 3.13. The van der Waals surface area contributed by atoms with Gasteiger partial charge in [-0.05, 0) is 30.5 Å². The quantitative estimate of drug-likeness (QED) is 0.625. The van der Waals surface area contributed by atoms with Crippen molar-refractivity contribution in [2.75, 3.05) is 33.9 Å². The van der Waals surface area contributed by atoms with Gasteiger partial charge in [-0.2, -0.15) is 0 Å². The largest absolute Gasteiger partial charge is 0.508 e. The Balaban J connectivity index is 1.74. The Morgan fingerprint density at radius 1 is 1.23 bits per heavy atom. The first kappa shape index (κ1) is 23.0. The van der Waals surface area contributed by atoms with Gasteiger partial charge in [0.05, 0.1) is 13.2 Å². The van der Waals surface area contributed by atoms with Gasteiger partial charge in [-0.15, -0.1) is 10.2 Å². The van der Waals surface area contributed by atoms with Crippen LogP contribution in [0.15, 0.2) is 18.2 Å². The minimum atomic E-state index is -0.210. The summed E-state index contributed by atoms with van der Waals surface area (Å²) in [4.78, 5) is 14.5. The van der Waals surface area contributed by atoms with E-state index in [0.717, 1.165) is 55.4 Å². The number of carbonyl (C=O) groups excluding carboxylic acids is 1. The number of phenolic OH excluding ortho intramolecular Hbond substituents is 1. The van der Waals surface area contributed by atoms with Crippen LogP contribution in [0.4, 0.5) is 0 Å². The van der Waals surface area contributed by atoms with Gasteiger partial charge in [-0.25, -0.2) is 0 Å². The molecular formula is C22H33N5O4. The maximum atomic E-state index is 12.2. The van der Waals surface area contributed by atoms with Crippen LogP contribution >= 0.6 is 0 Å². The van der Waals surface area contributed by atoms with E-state index < -0.39 is 0 Å². The van der Waals surface area contributed by atoms with Crippen LogP contribution in [0, 0.1) is 5.92 Å². The van der Waals surface area contributed by atoms with Crippen molar-refractivity contribution < 1.29 is 19.4 Å². The number of aromatic nitrogens is 3. The summed E-state index contributed by atoms with van der Waals surface area (Å²) in [5.41, 5.74) is 0.835. The first-order valence-corrected chi connectivity index (χ1v) is 10.7. The van der Waals surface area contributed by atoms with E-state index in [2.05, 4.69) is 38.8 Å². The molecule has 1 aromatic heterocycles. The first-order chi connectivity index (χ1) is 14.9. The van der Waals surface area contributed by atoms with Gasteiger partial charge in [0.25, 0.3) is 0 Å². The van der Waals surface area contributed by atoms with Crippen LogP contribution in [0.5, 0.6) is 11.5 Å². The van der Waals surface area contributed by atoms with E-state index in [9.17, 15) is 9.90 Å². The zero-order chi connectivity index (χ0) is 22.4. The number of nitrogens with zero attached hydrogens (tertiary/aromatic N) is 4. The highest BCUT2D eigenvalue weighted by Gasteiger charge is 2.26. The lowest BCUT2D eigenvalue weighted by Gasteiger charge is -2.22. The number of phenols is 1. The second-order valence-corrected chi connectivity index (χ2v) is 8.33. The first-order valence-electron chi connectivity index (χ1n) is 10.7. The summed E-state index contributed by atoms with van der Waals surface area (Å²) >= 11 is 0. The number of ether oxygens (including phenoxy) is 2. The van der Waals surface area contributed by atoms with Crippen LogP contribution in [0.2, 0.25) is 0 Å². The minimum absolute atomic E-state index is 0.0212. The van der Waals surface area contributed by atoms with Crippen molar-refractivity contribution in [2.45, 2.75) is 45.8 Å². The normalized spacial score (nSPS) is 15.4. The maximum absolute atomic E-state index is 12.2. The van der Waals surface area contributed by atoms with Crippen LogP contribution in [0.3, 0.4) is 0 Å². The Bertz CT molecular complexity index is 883. The number of fused-ring (bicyclic) bond motifs is 1. The molecule has 1 aliphatic rings. The highest BCUT2D eigenvalue weighted by atomic mass is 16.5. The molecule has 1 atom stereocenters. The summed E-state index contributed by atoms with van der Waals surface area (Å²) in [6.07, 6.45) is 1.52. The van der Waals surface area contributed by atoms with E-state index in [-0.39, 0.29) is 24.3 Å². The van der Waals surface area contributed by atoms with Crippen molar-refractivity contribution in [3.63, 3.8) is 0 Å². The minimum Gasteiger partial charge on any atom is -0.508 e. The van der Waals surface area contributed by atoms with Crippen molar-refractivity contribution >= 4 is 5.91 Å². The van der Waals surface area contributed by atoms with Gasteiger partial charge in [-0.1, -0.05) is 13.8 Å². The fourth-order valence-electron chi connectivity index (χ4n) is 3.93. The summed E-state index contributed by atoms with van der Waals surface area (Å²) in [6, 6.07) is 5.08. The summed E-state index contributed by atoms with van der Waals surface area (Å²) in [5.74, 6) is 2.93. The molecule has 0 aliphatic carbocycles. The number of carbonyl (C=O) groups is 1. The summed E-state index contributed by atoms with van der Waals surface area (Å²) in [6.45, 7) is 7.20. The highest BCUT2D eigenvalue weighted by Crippen LogP contribution is 2.26. The van der Waals surface area contributed by atoms with E-state index >= 15 is 0 Å². The third-order valence-electron chi connectivity index (χ3n) is 5.46. The molecule has 0 bridgehead atoms. The van der Waals surface area contributed by atoms with Crippen LogP contribution in [-0.2, 0) is 29.0 Å². The van der Waals surface area contributed by atoms with Gasteiger partial charge < -0.3 is 24.5 Å². The SMILES string of the molecule is COCC(=O)NC(CC(C)C)c1nnc2n1CCN(Cc1cc(OC)ccc1O)CC2. The molecule has 2 aromatic rings. The third-order valence-corrected chi connectivity index (χ3v) is 5.46. The van der Waals surface area contributed by atoms with Crippen molar-refractivity contribution in [2.24, 2.45) is 5.92 Å². The zero-order valence-corrected chi connectivity index (χ0v) is 18.8. The van der Waals surface area contributed by atoms with Crippen molar-refractivity contribution in [3.8, 4) is 11.5 Å². The molecular weight excluding hydrogens is 398 g/mol. The number of benzene rings is 1. The molecule has 1 unspecified atom stereocenters. The fraction of sp³-hybridized carbons (Fsp3) is 0.591. The Labute approximate surface area is 183 Å². The van der Waals surface area contributed by atoms with E-state index in [0.29, 0.717) is 12.5 Å². The number of hydrogen-bond donors (Lipinski definition) is 2. The van der Waals surface area contributed by atoms with Gasteiger partial charge in [-0.3, -0.25) is 9.69 Å². The standard InChI is InChI=1S/C22H33N5O4/c1-15(2)11-18(23-21(29)14-30-3)22-25-24-20-7-8-26(9-10-27(20)22)13-16-12-17(31-4)5-6-19(16)28/h5-6,12,15,18,28H,7-11,13-14H2,1-4H3,(H,23,29). The van der Waals surface area contributed by atoms with Gasteiger partial charge >= 0.3 is 0 Å². The third kappa shape index (κ3) is 5.95. The monoisotopic (exact) mass is 431 g/mol. The van der Waals surface area contributed by atoms with E-state index in [1.54, 1.807) is 19.2 Å². The van der Waals surface area contributed by atoms with E-state index in [1.807, 2.05) is 6.07 Å². The Morgan fingerprint density at radius 3 is 2.74 bits per heavy atom. The lowest BCUT2D eigenvalue weighted by molar-refractivity contribution is -0.125. The second-order valence-electron chi connectivity index (χ2n) is 8.33. The molecule has 0 saturated heterocycles. The molecule has 2 heterocycles. The lowest BCUT2D eigenvalue weighted by Crippen LogP contribution is -2.34. The van der Waals surface area contributed by atoms with Crippen LogP contribution < -0.4 is 10.1 Å². The molecule has 1 aromatic carbocycles. The smallest absolute Gasteiger partial charge is 0.246 e. The van der Waals surface area contributed by atoms with Crippen LogP contribution in [-0.4, -0.2) is 64.6 Å². The molecule has 2 N–H and O–H groups in total. The highest BCUT2D eigenvalue weighted by molar-refractivity contribution is 5.77. The molecule has 9 heteroatoms. The Hall–Kier alpha value is -2.65. The van der Waals surface area contributed by atoms with E-state index in [4.69, 9.17) is 9.47 Å². The molecule has 31 heavy (non-hydrogen) atoms. The molecule has 9 nitrogen and oxygen atoms in total.